The van der Waals surface area contributed by atoms with Gasteiger partial charge in [0.05, 0.1) is 11.7 Å². The van der Waals surface area contributed by atoms with Gasteiger partial charge in [-0.1, -0.05) is 13.3 Å². The smallest absolute Gasteiger partial charge is 0.138 e. The van der Waals surface area contributed by atoms with Gasteiger partial charge in [0.15, 0.2) is 0 Å². The van der Waals surface area contributed by atoms with E-state index in [1.165, 1.54) is 0 Å². The highest BCUT2D eigenvalue weighted by atomic mass is 16.5. The number of ketones is 1. The second-order valence-corrected chi connectivity index (χ2v) is 4.88. The SMILES string of the molecule is CCCC1CC(=O)CC2(CCNCC2)O1. The minimum atomic E-state index is -0.111. The molecule has 0 amide bonds. The van der Waals surface area contributed by atoms with Gasteiger partial charge in [0.25, 0.3) is 0 Å². The summed E-state index contributed by atoms with van der Waals surface area (Å²) in [7, 11) is 0. The summed E-state index contributed by atoms with van der Waals surface area (Å²) in [6, 6.07) is 0. The highest BCUT2D eigenvalue weighted by Gasteiger charge is 2.41. The molecule has 1 N–H and O–H groups in total. The summed E-state index contributed by atoms with van der Waals surface area (Å²) in [5.74, 6) is 0.404. The predicted octanol–water partition coefficient (Wildman–Crippen LogP) is 1.66. The first kappa shape index (κ1) is 11.1. The zero-order chi connectivity index (χ0) is 10.7. The van der Waals surface area contributed by atoms with Gasteiger partial charge in [0, 0.05) is 12.8 Å². The van der Waals surface area contributed by atoms with Crippen LogP contribution in [0.1, 0.15) is 45.4 Å². The molecule has 0 aliphatic carbocycles. The Balaban J connectivity index is 2.01. The Labute approximate surface area is 91.6 Å². The summed E-state index contributed by atoms with van der Waals surface area (Å²) in [5.41, 5.74) is -0.111. The first-order chi connectivity index (χ1) is 7.24. The van der Waals surface area contributed by atoms with Crippen LogP contribution in [-0.4, -0.2) is 30.6 Å². The highest BCUT2D eigenvalue weighted by Crippen LogP contribution is 2.35. The van der Waals surface area contributed by atoms with Gasteiger partial charge in [-0.25, -0.2) is 0 Å². The van der Waals surface area contributed by atoms with Crippen LogP contribution in [0, 0.1) is 0 Å². The fraction of sp³-hybridized carbons (Fsp3) is 0.917. The van der Waals surface area contributed by atoms with Crippen LogP contribution < -0.4 is 5.32 Å². The zero-order valence-corrected chi connectivity index (χ0v) is 9.55. The molecule has 86 valence electrons. The molecular weight excluding hydrogens is 190 g/mol. The third-order valence-electron chi connectivity index (χ3n) is 3.52. The molecule has 0 aromatic rings. The van der Waals surface area contributed by atoms with E-state index in [9.17, 15) is 4.79 Å². The lowest BCUT2D eigenvalue weighted by Crippen LogP contribution is -2.50. The fourth-order valence-corrected chi connectivity index (χ4v) is 2.78. The molecule has 0 aromatic carbocycles. The van der Waals surface area contributed by atoms with Crippen LogP contribution in [0.2, 0.25) is 0 Å². The van der Waals surface area contributed by atoms with E-state index in [1.807, 2.05) is 0 Å². The minimum absolute atomic E-state index is 0.111. The molecule has 0 saturated carbocycles. The molecule has 2 heterocycles. The number of piperidine rings is 1. The van der Waals surface area contributed by atoms with E-state index in [0.717, 1.165) is 38.8 Å². The van der Waals surface area contributed by atoms with Crippen molar-refractivity contribution in [2.24, 2.45) is 0 Å². The maximum absolute atomic E-state index is 11.7. The average Bonchev–Trinajstić information content (AvgIpc) is 2.17. The van der Waals surface area contributed by atoms with Gasteiger partial charge >= 0.3 is 0 Å². The summed E-state index contributed by atoms with van der Waals surface area (Å²) in [5, 5.41) is 3.33. The minimum Gasteiger partial charge on any atom is -0.371 e. The topological polar surface area (TPSA) is 38.3 Å². The van der Waals surface area contributed by atoms with Crippen LogP contribution >= 0.6 is 0 Å². The van der Waals surface area contributed by atoms with E-state index in [2.05, 4.69) is 12.2 Å². The summed E-state index contributed by atoms with van der Waals surface area (Å²) in [6.07, 6.45) is 5.61. The number of hydrogen-bond acceptors (Lipinski definition) is 3. The van der Waals surface area contributed by atoms with Crippen LogP contribution in [0.15, 0.2) is 0 Å². The number of carbonyl (C=O) groups is 1. The van der Waals surface area contributed by atoms with Gasteiger partial charge in [-0.2, -0.15) is 0 Å². The fourth-order valence-electron chi connectivity index (χ4n) is 2.78. The standard InChI is InChI=1S/C12H21NO2/c1-2-3-11-8-10(14)9-12(15-11)4-6-13-7-5-12/h11,13H,2-9H2,1H3. The van der Waals surface area contributed by atoms with Crippen molar-refractivity contribution in [2.45, 2.75) is 57.2 Å². The molecule has 0 radical (unpaired) electrons. The number of rotatable bonds is 2. The van der Waals surface area contributed by atoms with E-state index < -0.39 is 0 Å². The van der Waals surface area contributed by atoms with Crippen LogP contribution in [0.25, 0.3) is 0 Å². The zero-order valence-electron chi connectivity index (χ0n) is 9.55. The second-order valence-electron chi connectivity index (χ2n) is 4.88. The lowest BCUT2D eigenvalue weighted by atomic mass is 9.82. The predicted molar refractivity (Wildman–Crippen MR) is 58.9 cm³/mol. The monoisotopic (exact) mass is 211 g/mol. The molecule has 2 aliphatic heterocycles. The van der Waals surface area contributed by atoms with Gasteiger partial charge in [0.2, 0.25) is 0 Å². The number of nitrogens with one attached hydrogen (secondary N) is 1. The Kier molecular flexibility index (Phi) is 3.42. The molecule has 3 heteroatoms. The largest absolute Gasteiger partial charge is 0.371 e. The highest BCUT2D eigenvalue weighted by molar-refractivity contribution is 5.80. The van der Waals surface area contributed by atoms with Gasteiger partial charge in [-0.15, -0.1) is 0 Å². The lowest BCUT2D eigenvalue weighted by molar-refractivity contribution is -0.162. The van der Waals surface area contributed by atoms with E-state index in [0.29, 0.717) is 18.6 Å². The maximum Gasteiger partial charge on any atom is 0.138 e. The number of hydrogen-bond donors (Lipinski definition) is 1. The molecule has 15 heavy (non-hydrogen) atoms. The van der Waals surface area contributed by atoms with Gasteiger partial charge in [-0.3, -0.25) is 4.79 Å². The van der Waals surface area contributed by atoms with Crippen LogP contribution in [0.3, 0.4) is 0 Å². The summed E-state index contributed by atoms with van der Waals surface area (Å²) in [4.78, 5) is 11.7. The molecule has 0 bridgehead atoms. The van der Waals surface area contributed by atoms with Crippen molar-refractivity contribution in [3.8, 4) is 0 Å². The summed E-state index contributed by atoms with van der Waals surface area (Å²) < 4.78 is 6.16. The quantitative estimate of drug-likeness (QED) is 0.755. The van der Waals surface area contributed by atoms with Crippen molar-refractivity contribution in [3.05, 3.63) is 0 Å². The molecular formula is C12H21NO2. The Morgan fingerprint density at radius 1 is 1.47 bits per heavy atom. The third-order valence-corrected chi connectivity index (χ3v) is 3.52. The first-order valence-corrected chi connectivity index (χ1v) is 6.14. The van der Waals surface area contributed by atoms with Crippen LogP contribution in [0.4, 0.5) is 0 Å². The van der Waals surface area contributed by atoms with E-state index in [-0.39, 0.29) is 11.7 Å². The van der Waals surface area contributed by atoms with Gasteiger partial charge in [0.1, 0.15) is 5.78 Å². The van der Waals surface area contributed by atoms with Crippen molar-refractivity contribution in [1.29, 1.82) is 0 Å². The Bertz CT molecular complexity index is 234. The third kappa shape index (κ3) is 2.58. The van der Waals surface area contributed by atoms with E-state index >= 15 is 0 Å². The molecule has 2 aliphatic rings. The van der Waals surface area contributed by atoms with Crippen LogP contribution in [0.5, 0.6) is 0 Å². The van der Waals surface area contributed by atoms with Gasteiger partial charge in [-0.05, 0) is 32.4 Å². The number of Topliss-reactive ketones (excluding diaryl/α,β-unsaturated/α-hetero) is 1. The van der Waals surface area contributed by atoms with E-state index in [4.69, 9.17) is 4.74 Å². The Morgan fingerprint density at radius 3 is 2.87 bits per heavy atom. The molecule has 2 rings (SSSR count). The van der Waals surface area contributed by atoms with Crippen molar-refractivity contribution in [3.63, 3.8) is 0 Å². The molecule has 2 fully saturated rings. The lowest BCUT2D eigenvalue weighted by Gasteiger charge is -2.43. The number of ether oxygens (including phenoxy) is 1. The first-order valence-electron chi connectivity index (χ1n) is 6.14. The van der Waals surface area contributed by atoms with E-state index in [1.54, 1.807) is 0 Å². The molecule has 3 nitrogen and oxygen atoms in total. The molecule has 1 unspecified atom stereocenters. The molecule has 1 atom stereocenters. The Morgan fingerprint density at radius 2 is 2.20 bits per heavy atom. The second kappa shape index (κ2) is 4.62. The van der Waals surface area contributed by atoms with Crippen molar-refractivity contribution in [2.75, 3.05) is 13.1 Å². The van der Waals surface area contributed by atoms with Gasteiger partial charge < -0.3 is 10.1 Å². The maximum atomic E-state index is 11.7. The normalized spacial score (nSPS) is 30.7. The number of carbonyl (C=O) groups excluding carboxylic acids is 1. The molecule has 2 saturated heterocycles. The molecule has 0 aromatic heterocycles. The van der Waals surface area contributed by atoms with Crippen molar-refractivity contribution >= 4 is 5.78 Å². The summed E-state index contributed by atoms with van der Waals surface area (Å²) in [6.45, 7) is 4.13. The average molecular weight is 211 g/mol. The van der Waals surface area contributed by atoms with Crippen LogP contribution in [-0.2, 0) is 9.53 Å². The Hall–Kier alpha value is -0.410. The molecule has 1 spiro atoms. The van der Waals surface area contributed by atoms with Crippen molar-refractivity contribution in [1.82, 2.24) is 5.32 Å². The summed E-state index contributed by atoms with van der Waals surface area (Å²) >= 11 is 0. The van der Waals surface area contributed by atoms with Crippen molar-refractivity contribution < 1.29 is 9.53 Å².